The summed E-state index contributed by atoms with van der Waals surface area (Å²) in [6.07, 6.45) is 2.25. The van der Waals surface area contributed by atoms with E-state index >= 15 is 0 Å². The van der Waals surface area contributed by atoms with Crippen molar-refractivity contribution in [3.05, 3.63) is 41.3 Å². The van der Waals surface area contributed by atoms with Gasteiger partial charge in [0.2, 0.25) is 5.91 Å². The first-order chi connectivity index (χ1) is 16.5. The minimum Gasteiger partial charge on any atom is -0.495 e. The zero-order valence-corrected chi connectivity index (χ0v) is 20.2. The van der Waals surface area contributed by atoms with Crippen LogP contribution in [0, 0.1) is 6.92 Å². The van der Waals surface area contributed by atoms with Crippen LogP contribution < -0.4 is 21.5 Å². The van der Waals surface area contributed by atoms with Gasteiger partial charge in [-0.25, -0.2) is 9.50 Å². The summed E-state index contributed by atoms with van der Waals surface area (Å²) in [5.74, 6) is 0.929. The number of nitrogens with one attached hydrogen (secondary N) is 1. The Bertz CT molecular complexity index is 1370. The second kappa shape index (κ2) is 9.21. The van der Waals surface area contributed by atoms with Crippen LogP contribution in [-0.2, 0) is 17.8 Å². The second-order valence-corrected chi connectivity index (χ2v) is 9.75. The van der Waals surface area contributed by atoms with Crippen molar-refractivity contribution in [2.45, 2.75) is 26.3 Å². The standard InChI is InChI=1S/C24H29N7O2S/c1-14-9-15-11-19(34-23(15)18(10-14)33-2)21-16(3-4-20(25)32)17(12-30-7-5-27-6-8-30)31-22(21)24(26)28-13-29-31/h9-11,13,27H,3-8,12H2,1-2H3,(H2,25,32)(H2,26,28,29). The number of hydrogen-bond donors (Lipinski definition) is 3. The van der Waals surface area contributed by atoms with Crippen LogP contribution in [0.3, 0.4) is 0 Å². The topological polar surface area (TPSA) is 124 Å². The van der Waals surface area contributed by atoms with Crippen molar-refractivity contribution >= 4 is 38.7 Å². The number of rotatable bonds is 7. The van der Waals surface area contributed by atoms with Crippen LogP contribution in [0.25, 0.3) is 26.0 Å². The molecule has 4 aromatic rings. The number of piperazine rings is 1. The fraction of sp³-hybridized carbons (Fsp3) is 0.375. The molecule has 0 spiro atoms. The van der Waals surface area contributed by atoms with E-state index in [0.717, 1.165) is 74.8 Å². The molecule has 0 radical (unpaired) electrons. The fourth-order valence-electron chi connectivity index (χ4n) is 4.79. The quantitative estimate of drug-likeness (QED) is 0.372. The van der Waals surface area contributed by atoms with E-state index in [1.54, 1.807) is 18.4 Å². The molecule has 34 heavy (non-hydrogen) atoms. The Morgan fingerprint density at radius 1 is 1.26 bits per heavy atom. The van der Waals surface area contributed by atoms with Gasteiger partial charge in [0.15, 0.2) is 5.82 Å². The number of primary amides is 1. The maximum absolute atomic E-state index is 11.8. The predicted molar refractivity (Wildman–Crippen MR) is 135 cm³/mol. The van der Waals surface area contributed by atoms with Crippen LogP contribution in [0.2, 0.25) is 0 Å². The number of methoxy groups -OCH3 is 1. The lowest BCUT2D eigenvalue weighted by Gasteiger charge is -2.27. The highest BCUT2D eigenvalue weighted by molar-refractivity contribution is 7.22. The minimum atomic E-state index is -0.331. The summed E-state index contributed by atoms with van der Waals surface area (Å²) in [5.41, 5.74) is 17.0. The number of hydrogen-bond acceptors (Lipinski definition) is 8. The molecule has 1 aromatic carbocycles. The number of aromatic nitrogens is 3. The molecule has 3 aromatic heterocycles. The van der Waals surface area contributed by atoms with E-state index in [9.17, 15) is 4.79 Å². The van der Waals surface area contributed by atoms with E-state index in [0.29, 0.717) is 18.8 Å². The zero-order chi connectivity index (χ0) is 23.8. The van der Waals surface area contributed by atoms with Gasteiger partial charge < -0.3 is 21.5 Å². The Morgan fingerprint density at radius 3 is 2.79 bits per heavy atom. The molecule has 10 heteroatoms. The highest BCUT2D eigenvalue weighted by atomic mass is 32.1. The molecule has 1 aliphatic rings. The Labute approximate surface area is 201 Å². The van der Waals surface area contributed by atoms with E-state index < -0.39 is 0 Å². The largest absolute Gasteiger partial charge is 0.495 e. The van der Waals surface area contributed by atoms with Gasteiger partial charge in [0, 0.05) is 49.6 Å². The SMILES string of the molecule is COc1cc(C)cc2cc(-c3c(CCC(N)=O)c(CN4CCNCC4)n4ncnc(N)c34)sc12. The number of carbonyl (C=O) groups excluding carboxylic acids is 1. The molecule has 1 aliphatic heterocycles. The molecular weight excluding hydrogens is 450 g/mol. The number of anilines is 1. The van der Waals surface area contributed by atoms with Crippen LogP contribution in [0.5, 0.6) is 5.75 Å². The maximum atomic E-state index is 11.8. The smallest absolute Gasteiger partial charge is 0.217 e. The van der Waals surface area contributed by atoms with Gasteiger partial charge in [0.05, 0.1) is 17.5 Å². The van der Waals surface area contributed by atoms with E-state index in [1.165, 1.54) is 6.33 Å². The summed E-state index contributed by atoms with van der Waals surface area (Å²) in [6, 6.07) is 6.36. The summed E-state index contributed by atoms with van der Waals surface area (Å²) < 4.78 is 8.64. The maximum Gasteiger partial charge on any atom is 0.217 e. The molecule has 1 saturated heterocycles. The zero-order valence-electron chi connectivity index (χ0n) is 19.4. The van der Waals surface area contributed by atoms with Crippen LogP contribution >= 0.6 is 11.3 Å². The van der Waals surface area contributed by atoms with Gasteiger partial charge in [-0.2, -0.15) is 5.10 Å². The molecule has 9 nitrogen and oxygen atoms in total. The van der Waals surface area contributed by atoms with Gasteiger partial charge in [-0.15, -0.1) is 11.3 Å². The van der Waals surface area contributed by atoms with Crippen LogP contribution in [0.15, 0.2) is 24.5 Å². The van der Waals surface area contributed by atoms with Crippen molar-refractivity contribution < 1.29 is 9.53 Å². The van der Waals surface area contributed by atoms with Gasteiger partial charge in [-0.05, 0) is 42.0 Å². The molecular formula is C24H29N7O2S. The average Bonchev–Trinajstić information content (AvgIpc) is 3.37. The number of nitrogens with two attached hydrogens (primary N) is 2. The third-order valence-corrected chi connectivity index (χ3v) is 7.54. The van der Waals surface area contributed by atoms with Crippen molar-refractivity contribution in [1.82, 2.24) is 24.8 Å². The van der Waals surface area contributed by atoms with Gasteiger partial charge in [-0.3, -0.25) is 9.69 Å². The van der Waals surface area contributed by atoms with E-state index in [4.69, 9.17) is 16.2 Å². The molecule has 0 unspecified atom stereocenters. The Balaban J connectivity index is 1.75. The first-order valence-corrected chi connectivity index (χ1v) is 12.2. The van der Waals surface area contributed by atoms with E-state index in [2.05, 4.69) is 39.4 Å². The molecule has 5 rings (SSSR count). The van der Waals surface area contributed by atoms with Crippen molar-refractivity contribution in [2.24, 2.45) is 5.73 Å². The average molecular weight is 480 g/mol. The molecule has 0 atom stereocenters. The minimum absolute atomic E-state index is 0.249. The number of nitrogen functional groups attached to an aromatic ring is 1. The van der Waals surface area contributed by atoms with Gasteiger partial charge in [-0.1, -0.05) is 6.07 Å². The van der Waals surface area contributed by atoms with Crippen LogP contribution in [0.1, 0.15) is 23.2 Å². The summed E-state index contributed by atoms with van der Waals surface area (Å²) >= 11 is 1.65. The number of nitrogens with zero attached hydrogens (tertiary/aromatic N) is 4. The van der Waals surface area contributed by atoms with Crippen molar-refractivity contribution in [1.29, 1.82) is 0 Å². The first-order valence-electron chi connectivity index (χ1n) is 11.4. The molecule has 0 saturated carbocycles. The Morgan fingerprint density at radius 2 is 2.06 bits per heavy atom. The normalized spacial score (nSPS) is 14.8. The lowest BCUT2D eigenvalue weighted by atomic mass is 10.0. The Hall–Kier alpha value is -3.21. The second-order valence-electron chi connectivity index (χ2n) is 8.69. The number of benzene rings is 1. The van der Waals surface area contributed by atoms with Crippen molar-refractivity contribution in [2.75, 3.05) is 39.0 Å². The Kier molecular flexibility index (Phi) is 6.11. The summed E-state index contributed by atoms with van der Waals surface area (Å²) in [6.45, 7) is 6.54. The molecule has 1 amide bonds. The monoisotopic (exact) mass is 479 g/mol. The third-order valence-electron chi connectivity index (χ3n) is 6.36. The number of ether oxygens (including phenoxy) is 1. The van der Waals surface area contributed by atoms with Gasteiger partial charge >= 0.3 is 0 Å². The highest BCUT2D eigenvalue weighted by Gasteiger charge is 2.26. The van der Waals surface area contributed by atoms with E-state index in [-0.39, 0.29) is 12.3 Å². The lowest BCUT2D eigenvalue weighted by Crippen LogP contribution is -2.43. The third kappa shape index (κ3) is 4.08. The van der Waals surface area contributed by atoms with Crippen LogP contribution in [0.4, 0.5) is 5.82 Å². The van der Waals surface area contributed by atoms with Crippen molar-refractivity contribution in [3.63, 3.8) is 0 Å². The predicted octanol–water partition coefficient (Wildman–Crippen LogP) is 2.33. The number of amides is 1. The number of aryl methyl sites for hydroxylation is 1. The number of fused-ring (bicyclic) bond motifs is 2. The molecule has 5 N–H and O–H groups in total. The molecule has 0 aliphatic carbocycles. The number of thiophene rings is 1. The molecule has 1 fully saturated rings. The molecule has 4 heterocycles. The van der Waals surface area contributed by atoms with Crippen LogP contribution in [-0.4, -0.2) is 58.7 Å². The van der Waals surface area contributed by atoms with Crippen molar-refractivity contribution in [3.8, 4) is 16.2 Å². The van der Waals surface area contributed by atoms with E-state index in [1.807, 2.05) is 10.6 Å². The van der Waals surface area contributed by atoms with Gasteiger partial charge in [0.1, 0.15) is 17.6 Å². The molecule has 0 bridgehead atoms. The van der Waals surface area contributed by atoms with Gasteiger partial charge in [0.25, 0.3) is 0 Å². The number of carbonyl (C=O) groups is 1. The first kappa shape index (κ1) is 22.6. The molecule has 178 valence electrons. The summed E-state index contributed by atoms with van der Waals surface area (Å²) in [4.78, 5) is 19.5. The summed E-state index contributed by atoms with van der Waals surface area (Å²) in [7, 11) is 1.69. The fourth-order valence-corrected chi connectivity index (χ4v) is 5.99. The summed E-state index contributed by atoms with van der Waals surface area (Å²) in [5, 5.41) is 9.10. The lowest BCUT2D eigenvalue weighted by molar-refractivity contribution is -0.117. The highest BCUT2D eigenvalue weighted by Crippen LogP contribution is 2.44.